The van der Waals surface area contributed by atoms with E-state index in [0.717, 1.165) is 19.3 Å². The zero-order valence-electron chi connectivity index (χ0n) is 20.9. The van der Waals surface area contributed by atoms with Crippen LogP contribution >= 0.6 is 11.8 Å². The van der Waals surface area contributed by atoms with Crippen molar-refractivity contribution in [2.45, 2.75) is 62.8 Å². The summed E-state index contributed by atoms with van der Waals surface area (Å²) in [6, 6.07) is -0.879. The van der Waals surface area contributed by atoms with Crippen LogP contribution in [-0.4, -0.2) is 62.9 Å². The van der Waals surface area contributed by atoms with Crippen molar-refractivity contribution in [1.82, 2.24) is 5.32 Å². The van der Waals surface area contributed by atoms with Gasteiger partial charge in [-0.3, -0.25) is 14.4 Å². The van der Waals surface area contributed by atoms with Crippen LogP contribution in [0.1, 0.15) is 45.4 Å². The van der Waals surface area contributed by atoms with E-state index in [1.807, 2.05) is 79.8 Å². The highest BCUT2D eigenvalue weighted by Crippen LogP contribution is 2.20. The molecule has 0 spiro atoms. The summed E-state index contributed by atoms with van der Waals surface area (Å²) in [6.07, 6.45) is 26.1. The molecule has 0 fully saturated rings. The van der Waals surface area contributed by atoms with Gasteiger partial charge in [0.2, 0.25) is 5.91 Å². The number of aliphatic carboxylic acids is 2. The SMILES string of the molecule is CCC=CC[C@H](O)[C@@H](C=CC=CC=CCC=CCC=CCCC(=O)O)SC[C@H](N)C(=O)NCC(=O)O. The van der Waals surface area contributed by atoms with Crippen LogP contribution in [-0.2, 0) is 14.4 Å². The first-order chi connectivity index (χ1) is 17.3. The number of aliphatic hydroxyl groups excluding tert-OH is 1. The first kappa shape index (κ1) is 33.1. The van der Waals surface area contributed by atoms with Crippen LogP contribution in [0, 0.1) is 0 Å². The molecule has 6 N–H and O–H groups in total. The van der Waals surface area contributed by atoms with Crippen molar-refractivity contribution in [1.29, 1.82) is 0 Å². The Kier molecular flexibility index (Phi) is 20.8. The minimum absolute atomic E-state index is 0.150. The summed E-state index contributed by atoms with van der Waals surface area (Å²) >= 11 is 1.34. The number of nitrogens with two attached hydrogens (primary N) is 1. The average molecular weight is 521 g/mol. The molecule has 0 heterocycles. The Hall–Kier alpha value is -2.88. The van der Waals surface area contributed by atoms with Crippen molar-refractivity contribution in [2.75, 3.05) is 12.3 Å². The molecule has 0 bridgehead atoms. The van der Waals surface area contributed by atoms with E-state index < -0.39 is 36.5 Å². The number of carbonyl (C=O) groups is 3. The summed E-state index contributed by atoms with van der Waals surface area (Å²) in [5.74, 6) is -2.23. The fourth-order valence-electron chi connectivity index (χ4n) is 2.65. The molecular formula is C27H40N2O6S. The summed E-state index contributed by atoms with van der Waals surface area (Å²) in [4.78, 5) is 32.9. The minimum atomic E-state index is -1.14. The molecule has 0 saturated heterocycles. The molecule has 9 heteroatoms. The largest absolute Gasteiger partial charge is 0.481 e. The molecule has 1 amide bonds. The Bertz CT molecular complexity index is 817. The quantitative estimate of drug-likeness (QED) is 0.120. The number of nitrogens with one attached hydrogen (secondary N) is 1. The molecule has 3 atom stereocenters. The Morgan fingerprint density at radius 1 is 0.889 bits per heavy atom. The lowest BCUT2D eigenvalue weighted by Gasteiger charge is -2.20. The van der Waals surface area contributed by atoms with Gasteiger partial charge in [-0.25, -0.2) is 0 Å². The maximum Gasteiger partial charge on any atom is 0.322 e. The van der Waals surface area contributed by atoms with E-state index in [4.69, 9.17) is 15.9 Å². The maximum absolute atomic E-state index is 11.9. The van der Waals surface area contributed by atoms with Crippen LogP contribution in [0.3, 0.4) is 0 Å². The summed E-state index contributed by atoms with van der Waals surface area (Å²) in [6.45, 7) is 1.53. The van der Waals surface area contributed by atoms with Gasteiger partial charge in [0.25, 0.3) is 0 Å². The Morgan fingerprint density at radius 3 is 2.22 bits per heavy atom. The standard InChI is InChI=1S/C27H40N2O6S/c1-2-3-14-17-23(30)24(36-21-22(28)27(35)29-20-26(33)34)18-15-12-10-8-6-4-5-7-9-11-13-16-19-25(31)32/h3,5-8,10-15,18,22-24,30H,2,4,9,16-17,19-21,28H2,1H3,(H,29,35)(H,31,32)(H,33,34)/t22-,23-,24+/m0/s1. The zero-order chi connectivity index (χ0) is 27.0. The summed E-state index contributed by atoms with van der Waals surface area (Å²) < 4.78 is 0. The van der Waals surface area contributed by atoms with Crippen molar-refractivity contribution in [3.05, 3.63) is 72.9 Å². The van der Waals surface area contributed by atoms with Crippen molar-refractivity contribution in [2.24, 2.45) is 5.73 Å². The molecule has 0 rings (SSSR count). The van der Waals surface area contributed by atoms with E-state index in [9.17, 15) is 19.5 Å². The highest BCUT2D eigenvalue weighted by molar-refractivity contribution is 8.00. The normalized spacial score (nSPS) is 15.1. The predicted octanol–water partition coefficient (Wildman–Crippen LogP) is 3.76. The number of carbonyl (C=O) groups excluding carboxylic acids is 1. The van der Waals surface area contributed by atoms with Crippen LogP contribution in [0.2, 0.25) is 0 Å². The van der Waals surface area contributed by atoms with E-state index >= 15 is 0 Å². The second kappa shape index (κ2) is 22.6. The van der Waals surface area contributed by atoms with Gasteiger partial charge in [0.1, 0.15) is 6.54 Å². The highest BCUT2D eigenvalue weighted by atomic mass is 32.2. The van der Waals surface area contributed by atoms with Crippen molar-refractivity contribution in [3.63, 3.8) is 0 Å². The molecule has 0 aliphatic carbocycles. The summed E-state index contributed by atoms with van der Waals surface area (Å²) in [7, 11) is 0. The van der Waals surface area contributed by atoms with E-state index in [-0.39, 0.29) is 17.4 Å². The summed E-state index contributed by atoms with van der Waals surface area (Å²) in [5.41, 5.74) is 5.86. The number of allylic oxidation sites excluding steroid dienone is 10. The minimum Gasteiger partial charge on any atom is -0.481 e. The topological polar surface area (TPSA) is 150 Å². The van der Waals surface area contributed by atoms with E-state index in [0.29, 0.717) is 12.8 Å². The van der Waals surface area contributed by atoms with Gasteiger partial charge in [-0.1, -0.05) is 79.8 Å². The third kappa shape index (κ3) is 20.5. The Labute approximate surface area is 218 Å². The smallest absolute Gasteiger partial charge is 0.322 e. The first-order valence-corrected chi connectivity index (χ1v) is 13.0. The third-order valence-electron chi connectivity index (χ3n) is 4.55. The van der Waals surface area contributed by atoms with Gasteiger partial charge in [0, 0.05) is 17.4 Å². The number of rotatable bonds is 20. The van der Waals surface area contributed by atoms with Gasteiger partial charge in [0.15, 0.2) is 0 Å². The molecule has 0 unspecified atom stereocenters. The number of thioether (sulfide) groups is 1. The number of amides is 1. The van der Waals surface area contributed by atoms with Gasteiger partial charge in [0.05, 0.1) is 12.1 Å². The van der Waals surface area contributed by atoms with Crippen molar-refractivity contribution in [3.8, 4) is 0 Å². The van der Waals surface area contributed by atoms with Crippen LogP contribution in [0.4, 0.5) is 0 Å². The number of hydrogen-bond donors (Lipinski definition) is 5. The molecule has 0 aliphatic heterocycles. The first-order valence-electron chi connectivity index (χ1n) is 12.0. The van der Waals surface area contributed by atoms with Gasteiger partial charge < -0.3 is 26.4 Å². The van der Waals surface area contributed by atoms with Crippen molar-refractivity contribution >= 4 is 29.6 Å². The molecule has 0 aromatic carbocycles. The van der Waals surface area contributed by atoms with Crippen LogP contribution < -0.4 is 11.1 Å². The fraction of sp³-hybridized carbons (Fsp3) is 0.444. The number of carboxylic acids is 2. The van der Waals surface area contributed by atoms with Crippen LogP contribution in [0.15, 0.2) is 72.9 Å². The highest BCUT2D eigenvalue weighted by Gasteiger charge is 2.20. The Balaban J connectivity index is 4.62. The second-order valence-corrected chi connectivity index (χ2v) is 8.95. The van der Waals surface area contributed by atoms with Gasteiger partial charge in [-0.05, 0) is 32.1 Å². The second-order valence-electron chi connectivity index (χ2n) is 7.74. The van der Waals surface area contributed by atoms with E-state index in [1.165, 1.54) is 11.8 Å². The predicted molar refractivity (Wildman–Crippen MR) is 147 cm³/mol. The zero-order valence-corrected chi connectivity index (χ0v) is 21.7. The molecule has 0 aromatic rings. The number of hydrogen-bond acceptors (Lipinski definition) is 6. The molecule has 0 aromatic heterocycles. The van der Waals surface area contributed by atoms with Gasteiger partial charge >= 0.3 is 11.9 Å². The van der Waals surface area contributed by atoms with E-state index in [1.54, 1.807) is 0 Å². The summed E-state index contributed by atoms with van der Waals surface area (Å²) in [5, 5.41) is 29.8. The molecule has 0 aliphatic rings. The van der Waals surface area contributed by atoms with Crippen LogP contribution in [0.25, 0.3) is 0 Å². The monoisotopic (exact) mass is 520 g/mol. The maximum atomic E-state index is 11.9. The van der Waals surface area contributed by atoms with E-state index in [2.05, 4.69) is 5.32 Å². The third-order valence-corrected chi connectivity index (χ3v) is 5.96. The number of aliphatic hydroxyl groups is 1. The lowest BCUT2D eigenvalue weighted by Crippen LogP contribution is -2.44. The Morgan fingerprint density at radius 2 is 1.56 bits per heavy atom. The molecule has 0 saturated carbocycles. The van der Waals surface area contributed by atoms with Crippen LogP contribution in [0.5, 0.6) is 0 Å². The lowest BCUT2D eigenvalue weighted by molar-refractivity contribution is -0.138. The number of carboxylic acid groups (broad SMARTS) is 2. The molecule has 8 nitrogen and oxygen atoms in total. The fourth-order valence-corrected chi connectivity index (χ4v) is 3.76. The average Bonchev–Trinajstić information content (AvgIpc) is 2.84. The molecule has 36 heavy (non-hydrogen) atoms. The van der Waals surface area contributed by atoms with Gasteiger partial charge in [-0.2, -0.15) is 0 Å². The lowest BCUT2D eigenvalue weighted by atomic mass is 10.1. The van der Waals surface area contributed by atoms with Gasteiger partial charge in [-0.15, -0.1) is 11.8 Å². The molecule has 200 valence electrons. The van der Waals surface area contributed by atoms with Crippen molar-refractivity contribution < 1.29 is 29.7 Å². The molecule has 0 radical (unpaired) electrons. The molecular weight excluding hydrogens is 480 g/mol.